The molecule has 0 aromatic heterocycles. The number of nitrogens with one attached hydrogen (secondary N) is 2. The quantitative estimate of drug-likeness (QED) is 0.572. The number of rotatable bonds is 5. The lowest BCUT2D eigenvalue weighted by Gasteiger charge is -2.06. The molecule has 1 amide bonds. The van der Waals surface area contributed by atoms with Gasteiger partial charge in [0, 0.05) is 18.0 Å². The number of aromatic carboxylic acids is 1. The van der Waals surface area contributed by atoms with Crippen LogP contribution in [0.5, 0.6) is 0 Å². The van der Waals surface area contributed by atoms with Gasteiger partial charge in [-0.05, 0) is 30.3 Å². The predicted molar refractivity (Wildman–Crippen MR) is 85.7 cm³/mol. The zero-order valence-corrected chi connectivity index (χ0v) is 12.6. The molecular weight excluding hydrogens is 332 g/mol. The van der Waals surface area contributed by atoms with Crippen LogP contribution in [0, 0.1) is 23.0 Å². The van der Waals surface area contributed by atoms with Crippen LogP contribution in [0.4, 0.5) is 20.2 Å². The SMILES string of the molecule is N#C/C(=C/Nc1ccc(F)cc1F)C(=O)Nc1cccc(C(=O)O)c1. The standard InChI is InChI=1S/C17H11F2N3O3/c18-12-4-5-15(14(19)7-12)21-9-11(8-20)16(23)22-13-3-1-2-10(6-13)17(24)25/h1-7,9,21H,(H,22,23)(H,24,25)/b11-9-. The van der Waals surface area contributed by atoms with E-state index in [-0.39, 0.29) is 22.5 Å². The van der Waals surface area contributed by atoms with E-state index in [1.165, 1.54) is 24.3 Å². The maximum Gasteiger partial charge on any atom is 0.335 e. The average Bonchev–Trinajstić information content (AvgIpc) is 2.57. The van der Waals surface area contributed by atoms with E-state index in [2.05, 4.69) is 10.6 Å². The summed E-state index contributed by atoms with van der Waals surface area (Å²) in [7, 11) is 0. The van der Waals surface area contributed by atoms with E-state index in [0.717, 1.165) is 18.3 Å². The van der Waals surface area contributed by atoms with Crippen molar-refractivity contribution in [1.29, 1.82) is 5.26 Å². The van der Waals surface area contributed by atoms with Gasteiger partial charge in [-0.3, -0.25) is 4.79 Å². The fourth-order valence-electron chi connectivity index (χ4n) is 1.83. The Kier molecular flexibility index (Phi) is 5.43. The third-order valence-electron chi connectivity index (χ3n) is 3.04. The van der Waals surface area contributed by atoms with Crippen molar-refractivity contribution in [2.75, 3.05) is 10.6 Å². The number of nitriles is 1. The number of hydrogen-bond donors (Lipinski definition) is 3. The van der Waals surface area contributed by atoms with Gasteiger partial charge in [0.25, 0.3) is 5.91 Å². The molecule has 0 aliphatic carbocycles. The van der Waals surface area contributed by atoms with Crippen molar-refractivity contribution in [3.8, 4) is 6.07 Å². The highest BCUT2D eigenvalue weighted by molar-refractivity contribution is 6.07. The number of carbonyl (C=O) groups excluding carboxylic acids is 1. The number of nitrogens with zero attached hydrogens (tertiary/aromatic N) is 1. The minimum Gasteiger partial charge on any atom is -0.478 e. The second kappa shape index (κ2) is 7.70. The van der Waals surface area contributed by atoms with E-state index in [0.29, 0.717) is 6.07 Å². The molecule has 0 atom stereocenters. The summed E-state index contributed by atoms with van der Waals surface area (Å²) in [6.07, 6.45) is 0.965. The number of halogens is 2. The van der Waals surface area contributed by atoms with Crippen molar-refractivity contribution in [2.24, 2.45) is 0 Å². The summed E-state index contributed by atoms with van der Waals surface area (Å²) in [5.74, 6) is -3.63. The van der Waals surface area contributed by atoms with E-state index in [1.807, 2.05) is 0 Å². The number of amides is 1. The Morgan fingerprint density at radius 2 is 1.92 bits per heavy atom. The lowest BCUT2D eigenvalue weighted by Crippen LogP contribution is -2.15. The van der Waals surface area contributed by atoms with E-state index in [9.17, 15) is 18.4 Å². The molecule has 8 heteroatoms. The third-order valence-corrected chi connectivity index (χ3v) is 3.04. The molecule has 6 nitrogen and oxygen atoms in total. The number of carbonyl (C=O) groups is 2. The molecule has 2 aromatic carbocycles. The molecule has 2 rings (SSSR count). The Hall–Kier alpha value is -3.73. The second-order valence-corrected chi connectivity index (χ2v) is 4.78. The van der Waals surface area contributed by atoms with Crippen LogP contribution in [0.2, 0.25) is 0 Å². The molecule has 0 aliphatic rings. The third kappa shape index (κ3) is 4.62. The summed E-state index contributed by atoms with van der Waals surface area (Å²) >= 11 is 0. The molecule has 0 radical (unpaired) electrons. The lowest BCUT2D eigenvalue weighted by molar-refractivity contribution is -0.112. The largest absolute Gasteiger partial charge is 0.478 e. The molecule has 0 saturated carbocycles. The predicted octanol–water partition coefficient (Wildman–Crippen LogP) is 3.12. The molecule has 0 heterocycles. The summed E-state index contributed by atoms with van der Waals surface area (Å²) in [5.41, 5.74) is -0.356. The van der Waals surface area contributed by atoms with Crippen LogP contribution >= 0.6 is 0 Å². The summed E-state index contributed by atoms with van der Waals surface area (Å²) in [6, 6.07) is 9.87. The fraction of sp³-hybridized carbons (Fsp3) is 0. The first-order valence-corrected chi connectivity index (χ1v) is 6.87. The molecule has 2 aromatic rings. The molecule has 0 saturated heterocycles. The fourth-order valence-corrected chi connectivity index (χ4v) is 1.83. The Morgan fingerprint density at radius 1 is 1.16 bits per heavy atom. The highest BCUT2D eigenvalue weighted by Crippen LogP contribution is 2.16. The summed E-state index contributed by atoms with van der Waals surface area (Å²) < 4.78 is 26.3. The average molecular weight is 343 g/mol. The molecule has 126 valence electrons. The van der Waals surface area contributed by atoms with Gasteiger partial charge >= 0.3 is 5.97 Å². The van der Waals surface area contributed by atoms with Gasteiger partial charge in [0.2, 0.25) is 0 Å². The van der Waals surface area contributed by atoms with E-state index >= 15 is 0 Å². The smallest absolute Gasteiger partial charge is 0.335 e. The van der Waals surface area contributed by atoms with Crippen molar-refractivity contribution < 1.29 is 23.5 Å². The Balaban J connectivity index is 2.14. The van der Waals surface area contributed by atoms with Gasteiger partial charge in [-0.25, -0.2) is 13.6 Å². The van der Waals surface area contributed by atoms with Crippen molar-refractivity contribution in [3.63, 3.8) is 0 Å². The van der Waals surface area contributed by atoms with Crippen molar-refractivity contribution in [3.05, 3.63) is 71.4 Å². The van der Waals surface area contributed by atoms with Crippen LogP contribution in [-0.2, 0) is 4.79 Å². The molecule has 0 spiro atoms. The number of benzene rings is 2. The van der Waals surface area contributed by atoms with E-state index in [4.69, 9.17) is 10.4 Å². The molecule has 0 bridgehead atoms. The van der Waals surface area contributed by atoms with Crippen molar-refractivity contribution >= 4 is 23.3 Å². The van der Waals surface area contributed by atoms with Crippen LogP contribution < -0.4 is 10.6 Å². The number of carboxylic acids is 1. The Morgan fingerprint density at radius 3 is 2.56 bits per heavy atom. The van der Waals surface area contributed by atoms with Crippen LogP contribution in [-0.4, -0.2) is 17.0 Å². The van der Waals surface area contributed by atoms with Gasteiger partial charge < -0.3 is 15.7 Å². The van der Waals surface area contributed by atoms with Gasteiger partial charge in [-0.15, -0.1) is 0 Å². The highest BCUT2D eigenvalue weighted by atomic mass is 19.1. The number of anilines is 2. The van der Waals surface area contributed by atoms with Crippen molar-refractivity contribution in [2.45, 2.75) is 0 Å². The summed E-state index contributed by atoms with van der Waals surface area (Å²) in [4.78, 5) is 22.9. The van der Waals surface area contributed by atoms with E-state index in [1.54, 1.807) is 6.07 Å². The number of carboxylic acid groups (broad SMARTS) is 1. The zero-order valence-electron chi connectivity index (χ0n) is 12.6. The Bertz CT molecular complexity index is 904. The first-order valence-electron chi connectivity index (χ1n) is 6.87. The van der Waals surface area contributed by atoms with Gasteiger partial charge in [-0.1, -0.05) is 6.07 Å². The normalized spacial score (nSPS) is 10.7. The first kappa shape index (κ1) is 17.6. The van der Waals surface area contributed by atoms with Gasteiger partial charge in [0.15, 0.2) is 0 Å². The Labute approximate surface area is 141 Å². The maximum atomic E-state index is 13.5. The summed E-state index contributed by atoms with van der Waals surface area (Å²) in [5, 5.41) is 22.7. The molecule has 3 N–H and O–H groups in total. The lowest BCUT2D eigenvalue weighted by atomic mass is 10.2. The maximum absolute atomic E-state index is 13.5. The van der Waals surface area contributed by atoms with Crippen LogP contribution in [0.1, 0.15) is 10.4 Å². The molecule has 0 unspecified atom stereocenters. The number of hydrogen-bond acceptors (Lipinski definition) is 4. The molecular formula is C17H11F2N3O3. The van der Waals surface area contributed by atoms with Crippen LogP contribution in [0.3, 0.4) is 0 Å². The second-order valence-electron chi connectivity index (χ2n) is 4.78. The molecule has 25 heavy (non-hydrogen) atoms. The highest BCUT2D eigenvalue weighted by Gasteiger charge is 2.11. The topological polar surface area (TPSA) is 102 Å². The monoisotopic (exact) mass is 343 g/mol. The van der Waals surface area contributed by atoms with Crippen LogP contribution in [0.15, 0.2) is 54.2 Å². The van der Waals surface area contributed by atoms with Crippen LogP contribution in [0.25, 0.3) is 0 Å². The van der Waals surface area contributed by atoms with Gasteiger partial charge in [0.05, 0.1) is 11.3 Å². The van der Waals surface area contributed by atoms with Crippen molar-refractivity contribution in [1.82, 2.24) is 0 Å². The van der Waals surface area contributed by atoms with E-state index < -0.39 is 23.5 Å². The van der Waals surface area contributed by atoms with Gasteiger partial charge in [-0.2, -0.15) is 5.26 Å². The molecule has 0 fully saturated rings. The summed E-state index contributed by atoms with van der Waals surface area (Å²) in [6.45, 7) is 0. The minimum absolute atomic E-state index is 0.0354. The molecule has 0 aliphatic heterocycles. The zero-order chi connectivity index (χ0) is 18.4. The van der Waals surface area contributed by atoms with Gasteiger partial charge in [0.1, 0.15) is 23.3 Å². The first-order chi connectivity index (χ1) is 11.9. The minimum atomic E-state index is -1.17.